The molecule has 1 rings (SSSR count). The number of hydrogen-bond donors (Lipinski definition) is 0. The third-order valence-corrected chi connectivity index (χ3v) is 2.03. The van der Waals surface area contributed by atoms with Gasteiger partial charge in [0.15, 0.2) is 0 Å². The lowest BCUT2D eigenvalue weighted by atomic mass is 10.5. The van der Waals surface area contributed by atoms with Crippen molar-refractivity contribution in [2.24, 2.45) is 0 Å². The highest BCUT2D eigenvalue weighted by Crippen LogP contribution is 2.09. The van der Waals surface area contributed by atoms with Crippen molar-refractivity contribution in [2.45, 2.75) is 13.0 Å². The maximum atomic E-state index is 8.20. The van der Waals surface area contributed by atoms with Gasteiger partial charge in [-0.3, -0.25) is 0 Å². The summed E-state index contributed by atoms with van der Waals surface area (Å²) in [5.74, 6) is 0. The first kappa shape index (κ1) is 8.25. The van der Waals surface area contributed by atoms with Gasteiger partial charge in [0.1, 0.15) is 0 Å². The minimum atomic E-state index is 0.478. The smallest absolute Gasteiger partial charge is 0.0809 e. The highest BCUT2D eigenvalue weighted by molar-refractivity contribution is 7.09. The van der Waals surface area contributed by atoms with Crippen LogP contribution >= 0.6 is 11.3 Å². The van der Waals surface area contributed by atoms with Gasteiger partial charge in [-0.2, -0.15) is 5.26 Å². The summed E-state index contributed by atoms with van der Waals surface area (Å²) >= 11 is 1.67. The van der Waals surface area contributed by atoms with Crippen LogP contribution in [0.15, 0.2) is 17.5 Å². The van der Waals surface area contributed by atoms with E-state index in [9.17, 15) is 0 Å². The van der Waals surface area contributed by atoms with Crippen molar-refractivity contribution in [3.63, 3.8) is 0 Å². The van der Waals surface area contributed by atoms with E-state index >= 15 is 0 Å². The molecule has 0 saturated heterocycles. The predicted molar refractivity (Wildman–Crippen MR) is 44.2 cm³/mol. The third-order valence-electron chi connectivity index (χ3n) is 1.18. The molecular weight excluding hydrogens is 158 g/mol. The van der Waals surface area contributed by atoms with Crippen molar-refractivity contribution >= 4 is 11.3 Å². The van der Waals surface area contributed by atoms with Crippen molar-refractivity contribution in [2.75, 3.05) is 6.61 Å². The van der Waals surface area contributed by atoms with E-state index in [1.807, 2.05) is 23.6 Å². The Balaban J connectivity index is 2.10. The van der Waals surface area contributed by atoms with Gasteiger partial charge in [-0.1, -0.05) is 6.07 Å². The normalized spacial score (nSPS) is 9.36. The molecule has 0 aliphatic rings. The molecule has 1 aromatic rings. The Morgan fingerprint density at radius 2 is 2.55 bits per heavy atom. The molecule has 1 heterocycles. The molecule has 0 fully saturated rings. The SMILES string of the molecule is N#CCCOCc1cccs1. The van der Waals surface area contributed by atoms with Crippen molar-refractivity contribution < 1.29 is 4.74 Å². The number of hydrogen-bond acceptors (Lipinski definition) is 3. The van der Waals surface area contributed by atoms with Crippen LogP contribution in [-0.2, 0) is 11.3 Å². The second-order valence-electron chi connectivity index (χ2n) is 2.04. The van der Waals surface area contributed by atoms with E-state index in [1.54, 1.807) is 11.3 Å². The molecule has 3 heteroatoms. The molecule has 11 heavy (non-hydrogen) atoms. The molecule has 0 bridgehead atoms. The monoisotopic (exact) mass is 167 g/mol. The Morgan fingerprint density at radius 3 is 3.18 bits per heavy atom. The van der Waals surface area contributed by atoms with Gasteiger partial charge in [-0.15, -0.1) is 11.3 Å². The Labute approximate surface area is 70.0 Å². The molecule has 0 N–H and O–H groups in total. The van der Waals surface area contributed by atoms with Gasteiger partial charge >= 0.3 is 0 Å². The Kier molecular flexibility index (Phi) is 3.67. The van der Waals surface area contributed by atoms with Crippen LogP contribution in [0.2, 0.25) is 0 Å². The molecule has 0 amide bonds. The molecule has 0 saturated carbocycles. The van der Waals surface area contributed by atoms with Crippen LogP contribution in [-0.4, -0.2) is 6.61 Å². The van der Waals surface area contributed by atoms with E-state index in [0.29, 0.717) is 19.6 Å². The molecule has 0 spiro atoms. The van der Waals surface area contributed by atoms with Crippen molar-refractivity contribution in [3.8, 4) is 6.07 Å². The maximum Gasteiger partial charge on any atom is 0.0809 e. The van der Waals surface area contributed by atoms with Crippen LogP contribution in [0.3, 0.4) is 0 Å². The predicted octanol–water partition coefficient (Wildman–Crippen LogP) is 2.18. The number of rotatable bonds is 4. The minimum Gasteiger partial charge on any atom is -0.375 e. The molecular formula is C8H9NOS. The van der Waals surface area contributed by atoms with Crippen molar-refractivity contribution in [3.05, 3.63) is 22.4 Å². The van der Waals surface area contributed by atoms with E-state index < -0.39 is 0 Å². The summed E-state index contributed by atoms with van der Waals surface area (Å²) in [5, 5.41) is 10.2. The van der Waals surface area contributed by atoms with Crippen LogP contribution in [0.25, 0.3) is 0 Å². The summed E-state index contributed by atoms with van der Waals surface area (Å²) in [4.78, 5) is 1.21. The zero-order chi connectivity index (χ0) is 7.94. The summed E-state index contributed by atoms with van der Waals surface area (Å²) in [6.07, 6.45) is 0.478. The summed E-state index contributed by atoms with van der Waals surface area (Å²) in [6, 6.07) is 6.04. The Morgan fingerprint density at radius 1 is 1.64 bits per heavy atom. The van der Waals surface area contributed by atoms with Gasteiger partial charge < -0.3 is 4.74 Å². The third kappa shape index (κ3) is 3.17. The molecule has 1 aromatic heterocycles. The van der Waals surface area contributed by atoms with Gasteiger partial charge in [0.2, 0.25) is 0 Å². The second kappa shape index (κ2) is 4.89. The van der Waals surface area contributed by atoms with Gasteiger partial charge in [-0.05, 0) is 11.4 Å². The largest absolute Gasteiger partial charge is 0.375 e. The fraction of sp³-hybridized carbons (Fsp3) is 0.375. The van der Waals surface area contributed by atoms with Crippen LogP contribution < -0.4 is 0 Å². The van der Waals surface area contributed by atoms with E-state index in [2.05, 4.69) is 0 Å². The Hall–Kier alpha value is -0.850. The van der Waals surface area contributed by atoms with Crippen LogP contribution in [0.1, 0.15) is 11.3 Å². The van der Waals surface area contributed by atoms with Crippen LogP contribution in [0.5, 0.6) is 0 Å². The molecule has 0 unspecified atom stereocenters. The molecule has 58 valence electrons. The van der Waals surface area contributed by atoms with Crippen LogP contribution in [0.4, 0.5) is 0 Å². The van der Waals surface area contributed by atoms with E-state index in [-0.39, 0.29) is 0 Å². The first-order valence-corrected chi connectivity index (χ1v) is 4.28. The summed E-state index contributed by atoms with van der Waals surface area (Å²) < 4.78 is 5.21. The van der Waals surface area contributed by atoms with Crippen molar-refractivity contribution in [1.82, 2.24) is 0 Å². The summed E-state index contributed by atoms with van der Waals surface area (Å²) in [5.41, 5.74) is 0. The molecule has 0 atom stereocenters. The average molecular weight is 167 g/mol. The lowest BCUT2D eigenvalue weighted by Crippen LogP contribution is -1.91. The number of thiophene rings is 1. The van der Waals surface area contributed by atoms with E-state index in [0.717, 1.165) is 0 Å². The van der Waals surface area contributed by atoms with Gasteiger partial charge in [0, 0.05) is 4.88 Å². The lowest BCUT2D eigenvalue weighted by molar-refractivity contribution is 0.128. The molecule has 0 radical (unpaired) electrons. The molecule has 0 aliphatic carbocycles. The maximum absolute atomic E-state index is 8.20. The summed E-state index contributed by atoms with van der Waals surface area (Å²) in [7, 11) is 0. The fourth-order valence-electron chi connectivity index (χ4n) is 0.685. The van der Waals surface area contributed by atoms with Gasteiger partial charge in [0.05, 0.1) is 25.7 Å². The molecule has 2 nitrogen and oxygen atoms in total. The molecule has 0 aromatic carbocycles. The first-order valence-electron chi connectivity index (χ1n) is 3.40. The van der Waals surface area contributed by atoms with E-state index in [1.165, 1.54) is 4.88 Å². The average Bonchev–Trinajstić information content (AvgIpc) is 2.50. The number of nitriles is 1. The number of ether oxygens (including phenoxy) is 1. The first-order chi connectivity index (χ1) is 5.43. The number of nitrogens with zero attached hydrogens (tertiary/aromatic N) is 1. The Bertz CT molecular complexity index is 225. The topological polar surface area (TPSA) is 33.0 Å². The quantitative estimate of drug-likeness (QED) is 0.644. The van der Waals surface area contributed by atoms with E-state index in [4.69, 9.17) is 10.00 Å². The summed E-state index contributed by atoms with van der Waals surface area (Å²) in [6.45, 7) is 1.17. The standard InChI is InChI=1S/C8H9NOS/c9-4-2-5-10-7-8-3-1-6-11-8/h1,3,6H,2,5,7H2. The minimum absolute atomic E-state index is 0.478. The zero-order valence-corrected chi connectivity index (χ0v) is 6.93. The zero-order valence-electron chi connectivity index (χ0n) is 6.12. The van der Waals surface area contributed by atoms with Gasteiger partial charge in [-0.25, -0.2) is 0 Å². The van der Waals surface area contributed by atoms with Gasteiger partial charge in [0.25, 0.3) is 0 Å². The highest BCUT2D eigenvalue weighted by atomic mass is 32.1. The second-order valence-corrected chi connectivity index (χ2v) is 3.07. The fourth-order valence-corrected chi connectivity index (χ4v) is 1.33. The lowest BCUT2D eigenvalue weighted by Gasteiger charge is -1.96. The van der Waals surface area contributed by atoms with Crippen molar-refractivity contribution in [1.29, 1.82) is 5.26 Å². The van der Waals surface area contributed by atoms with Crippen LogP contribution in [0, 0.1) is 11.3 Å². The highest BCUT2D eigenvalue weighted by Gasteiger charge is 1.91. The molecule has 0 aliphatic heterocycles.